The molecule has 0 aromatic rings. The molecule has 1 aliphatic rings. The van der Waals surface area contributed by atoms with Crippen molar-refractivity contribution < 1.29 is 28.9 Å². The lowest BCUT2D eigenvalue weighted by atomic mass is 10.2. The zero-order chi connectivity index (χ0) is 11.2. The Bertz CT molecular complexity index is 210. The quantitative estimate of drug-likeness (QED) is 0.478. The van der Waals surface area contributed by atoms with Crippen molar-refractivity contribution in [3.05, 3.63) is 0 Å². The van der Waals surface area contributed by atoms with Crippen LogP contribution < -0.4 is 14.0 Å². The summed E-state index contributed by atoms with van der Waals surface area (Å²) in [5.74, 6) is 0. The molecule has 14 heavy (non-hydrogen) atoms. The summed E-state index contributed by atoms with van der Waals surface area (Å²) in [5, 5.41) is 0. The molecule has 0 aromatic heterocycles. The Balaban J connectivity index is 0.000000292. The first-order valence-corrected chi connectivity index (χ1v) is 5.18. The first kappa shape index (κ1) is 13.5. The van der Waals surface area contributed by atoms with Gasteiger partial charge in [-0.25, -0.2) is 0 Å². The predicted octanol–water partition coefficient (Wildman–Crippen LogP) is -2.81. The third kappa shape index (κ3) is 11.5. The zero-order valence-corrected chi connectivity index (χ0v) is 8.82. The number of halogens is 1. The Morgan fingerprint density at radius 1 is 1.07 bits per heavy atom. The summed E-state index contributed by atoms with van der Waals surface area (Å²) in [7, 11) is -4.69. The van der Waals surface area contributed by atoms with E-state index < -0.39 is 10.2 Å². The van der Waals surface area contributed by atoms with Crippen LogP contribution in [0.15, 0.2) is 9.98 Å². The molecule has 0 aliphatic carbocycles. The maximum Gasteiger partial charge on any atom is 0.0777 e. The lowest BCUT2D eigenvalue weighted by Gasteiger charge is -2.03. The van der Waals surface area contributed by atoms with E-state index in [9.17, 15) is 0 Å². The fourth-order valence-electron chi connectivity index (χ4n) is 0.964. The van der Waals surface area contributed by atoms with Crippen LogP contribution in [0.3, 0.4) is 0 Å². The van der Waals surface area contributed by atoms with Gasteiger partial charge in [-0.15, -0.1) is 0 Å². The van der Waals surface area contributed by atoms with Gasteiger partial charge in [-0.3, -0.25) is 9.98 Å². The van der Waals surface area contributed by atoms with E-state index in [4.69, 9.17) is 18.6 Å². The van der Waals surface area contributed by atoms with E-state index in [1.165, 1.54) is 11.4 Å². The molecule has 0 saturated heterocycles. The Labute approximate surface area is 84.4 Å². The average Bonchev–Trinajstić information content (AvgIpc) is 2.09. The molecule has 0 saturated carbocycles. The van der Waals surface area contributed by atoms with E-state index in [0.717, 1.165) is 19.5 Å². The SMILES string of the molecule is CC1=NCCN=C(C)C1.[O-][Cl+3]([O-])([O-])O. The Morgan fingerprint density at radius 2 is 1.36 bits per heavy atom. The predicted molar refractivity (Wildman–Crippen MR) is 42.8 cm³/mol. The normalized spacial score (nSPS) is 17.3. The van der Waals surface area contributed by atoms with Gasteiger partial charge in [-0.1, -0.05) is 0 Å². The van der Waals surface area contributed by atoms with Gasteiger partial charge in [-0.2, -0.15) is 14.0 Å². The summed E-state index contributed by atoms with van der Waals surface area (Å²) in [4.78, 5) is 8.55. The van der Waals surface area contributed by atoms with Crippen molar-refractivity contribution in [1.82, 2.24) is 0 Å². The molecule has 6 nitrogen and oxygen atoms in total. The summed E-state index contributed by atoms with van der Waals surface area (Å²) >= 11 is 0. The van der Waals surface area contributed by atoms with Crippen LogP contribution in [-0.4, -0.2) is 29.2 Å². The largest absolute Gasteiger partial charge is 0.292 e. The van der Waals surface area contributed by atoms with Crippen molar-refractivity contribution in [3.8, 4) is 0 Å². The first-order valence-electron chi connectivity index (χ1n) is 3.92. The molecule has 1 rings (SSSR count). The fourth-order valence-corrected chi connectivity index (χ4v) is 0.964. The molecule has 0 fully saturated rings. The maximum absolute atomic E-state index is 8.60. The van der Waals surface area contributed by atoms with Crippen LogP contribution in [0.5, 0.6) is 0 Å². The Morgan fingerprint density at radius 3 is 1.64 bits per heavy atom. The fraction of sp³-hybridized carbons (Fsp3) is 0.714. The monoisotopic (exact) mass is 224 g/mol. The number of aliphatic imine (C=N–C) groups is 2. The highest BCUT2D eigenvalue weighted by Gasteiger charge is 1.99. The average molecular weight is 225 g/mol. The smallest absolute Gasteiger partial charge is 0.0777 e. The lowest BCUT2D eigenvalue weighted by molar-refractivity contribution is -1.92. The van der Waals surface area contributed by atoms with E-state index in [1.807, 2.05) is 0 Å². The standard InChI is InChI=1S/C7H12N2.ClHO4/c1-6-5-7(2)9-4-3-8-6;2-1(3,4)5/h3-5H2,1-2H3;(H,2,3,4,5). The van der Waals surface area contributed by atoms with Crippen molar-refractivity contribution in [2.45, 2.75) is 20.3 Å². The first-order chi connectivity index (χ1) is 6.29. The van der Waals surface area contributed by atoms with Crippen molar-refractivity contribution in [3.63, 3.8) is 0 Å². The van der Waals surface area contributed by atoms with Gasteiger partial charge < -0.3 is 0 Å². The highest BCUT2D eigenvalue weighted by Crippen LogP contribution is 1.95. The molecule has 82 valence electrons. The zero-order valence-electron chi connectivity index (χ0n) is 8.07. The molecule has 1 aliphatic heterocycles. The Kier molecular flexibility index (Phi) is 5.82. The van der Waals surface area contributed by atoms with Gasteiger partial charge in [0.1, 0.15) is 0 Å². The summed E-state index contributed by atoms with van der Waals surface area (Å²) in [6, 6.07) is 0. The van der Waals surface area contributed by atoms with Crippen LogP contribution >= 0.6 is 0 Å². The van der Waals surface area contributed by atoms with Crippen LogP contribution in [0.1, 0.15) is 20.3 Å². The second-order valence-corrected chi connectivity index (χ2v) is 3.60. The van der Waals surface area contributed by atoms with Crippen molar-refractivity contribution >= 4 is 11.4 Å². The van der Waals surface area contributed by atoms with E-state index in [-0.39, 0.29) is 0 Å². The van der Waals surface area contributed by atoms with Gasteiger partial charge in [0.25, 0.3) is 0 Å². The molecular weight excluding hydrogens is 212 g/mol. The highest BCUT2D eigenvalue weighted by atomic mass is 35.7. The van der Waals surface area contributed by atoms with Crippen molar-refractivity contribution in [2.75, 3.05) is 13.1 Å². The summed E-state index contributed by atoms with van der Waals surface area (Å²) < 4.78 is 32.7. The van der Waals surface area contributed by atoms with Crippen LogP contribution in [0.2, 0.25) is 0 Å². The van der Waals surface area contributed by atoms with Gasteiger partial charge in [0, 0.05) is 17.8 Å². The van der Waals surface area contributed by atoms with E-state index in [2.05, 4.69) is 23.8 Å². The molecule has 0 amide bonds. The topological polar surface area (TPSA) is 114 Å². The highest BCUT2D eigenvalue weighted by molar-refractivity contribution is 6.02. The molecule has 1 heterocycles. The molecule has 0 aromatic carbocycles. The van der Waals surface area contributed by atoms with Crippen LogP contribution in [0.25, 0.3) is 0 Å². The maximum atomic E-state index is 8.60. The van der Waals surface area contributed by atoms with E-state index >= 15 is 0 Å². The van der Waals surface area contributed by atoms with Gasteiger partial charge in [0.2, 0.25) is 0 Å². The van der Waals surface area contributed by atoms with Crippen LogP contribution in [0, 0.1) is 10.2 Å². The molecule has 0 spiro atoms. The lowest BCUT2D eigenvalue weighted by Crippen LogP contribution is -2.58. The summed E-state index contributed by atoms with van der Waals surface area (Å²) in [6.07, 6.45) is 0.972. The molecule has 7 heteroatoms. The minimum Gasteiger partial charge on any atom is -0.292 e. The molecule has 0 unspecified atom stereocenters. The molecule has 0 atom stereocenters. The molecule has 0 radical (unpaired) electrons. The summed E-state index contributed by atoms with van der Waals surface area (Å²) in [5.41, 5.74) is 2.43. The minimum atomic E-state index is -4.69. The molecule has 0 bridgehead atoms. The van der Waals surface area contributed by atoms with Crippen molar-refractivity contribution in [2.24, 2.45) is 9.98 Å². The third-order valence-electron chi connectivity index (χ3n) is 1.38. The Hall–Kier alpha value is -0.530. The van der Waals surface area contributed by atoms with E-state index in [0.29, 0.717) is 0 Å². The number of rotatable bonds is 0. The van der Waals surface area contributed by atoms with Gasteiger partial charge in [0.05, 0.1) is 28.0 Å². The van der Waals surface area contributed by atoms with E-state index in [1.54, 1.807) is 0 Å². The number of nitrogens with zero attached hydrogens (tertiary/aromatic N) is 2. The second-order valence-electron chi connectivity index (χ2n) is 2.81. The number of hydrogen-bond acceptors (Lipinski definition) is 6. The van der Waals surface area contributed by atoms with Gasteiger partial charge in [-0.05, 0) is 13.8 Å². The second kappa shape index (κ2) is 6.05. The van der Waals surface area contributed by atoms with Crippen LogP contribution in [0.4, 0.5) is 0 Å². The third-order valence-corrected chi connectivity index (χ3v) is 1.38. The molecule has 1 N–H and O–H groups in total. The van der Waals surface area contributed by atoms with Crippen LogP contribution in [-0.2, 0) is 0 Å². The number of hydrogen-bond donors (Lipinski definition) is 1. The summed E-state index contributed by atoms with van der Waals surface area (Å²) in [6.45, 7) is 5.88. The minimum absolute atomic E-state index is 0.878. The van der Waals surface area contributed by atoms with Gasteiger partial charge >= 0.3 is 0 Å². The molecular formula is C7H13ClN2O4. The van der Waals surface area contributed by atoms with Gasteiger partial charge in [0.15, 0.2) is 0 Å². The van der Waals surface area contributed by atoms with Crippen molar-refractivity contribution in [1.29, 1.82) is 0 Å².